The van der Waals surface area contributed by atoms with Crippen molar-refractivity contribution in [1.82, 2.24) is 20.1 Å². The molecular formula is C15H17F3N4O2. The van der Waals surface area contributed by atoms with Gasteiger partial charge >= 0.3 is 6.18 Å². The van der Waals surface area contributed by atoms with Crippen LogP contribution in [0.4, 0.5) is 13.2 Å². The molecule has 0 saturated heterocycles. The molecule has 0 aliphatic carbocycles. The predicted octanol–water partition coefficient (Wildman–Crippen LogP) is 2.40. The molecule has 0 atom stereocenters. The van der Waals surface area contributed by atoms with E-state index in [1.165, 1.54) is 29.5 Å². The second-order valence-corrected chi connectivity index (χ2v) is 5.35. The summed E-state index contributed by atoms with van der Waals surface area (Å²) in [5.74, 6) is -0.328. The van der Waals surface area contributed by atoms with Gasteiger partial charge in [-0.05, 0) is 31.5 Å². The third kappa shape index (κ3) is 4.97. The molecule has 130 valence electrons. The molecule has 0 spiro atoms. The van der Waals surface area contributed by atoms with Crippen molar-refractivity contribution in [1.29, 1.82) is 0 Å². The number of benzene rings is 1. The molecule has 0 aliphatic heterocycles. The van der Waals surface area contributed by atoms with E-state index in [1.807, 2.05) is 0 Å². The molecule has 0 bridgehead atoms. The van der Waals surface area contributed by atoms with E-state index in [0.29, 0.717) is 0 Å². The topological polar surface area (TPSA) is 69.0 Å². The van der Waals surface area contributed by atoms with Crippen molar-refractivity contribution >= 4 is 5.91 Å². The van der Waals surface area contributed by atoms with E-state index in [-0.39, 0.29) is 30.5 Å². The molecule has 9 heteroatoms. The Labute approximate surface area is 136 Å². The molecule has 6 nitrogen and oxygen atoms in total. The Kier molecular flexibility index (Phi) is 5.42. The van der Waals surface area contributed by atoms with Gasteiger partial charge in [-0.2, -0.15) is 18.3 Å². The van der Waals surface area contributed by atoms with E-state index in [9.17, 15) is 18.0 Å². The molecular weight excluding hydrogens is 325 g/mol. The molecule has 1 heterocycles. The SMILES string of the molecule is CC(C)Oc1ccc(CNC(=O)Cn2cncn2)c(C(F)(F)F)c1. The predicted molar refractivity (Wildman–Crippen MR) is 79.1 cm³/mol. The van der Waals surface area contributed by atoms with Crippen molar-refractivity contribution in [3.8, 4) is 5.75 Å². The van der Waals surface area contributed by atoms with Crippen LogP contribution in [-0.2, 0) is 24.1 Å². The summed E-state index contributed by atoms with van der Waals surface area (Å²) >= 11 is 0. The van der Waals surface area contributed by atoms with Gasteiger partial charge < -0.3 is 10.1 Å². The molecule has 0 aliphatic rings. The molecule has 1 amide bonds. The van der Waals surface area contributed by atoms with Gasteiger partial charge in [0.1, 0.15) is 24.9 Å². The monoisotopic (exact) mass is 342 g/mol. The van der Waals surface area contributed by atoms with Crippen LogP contribution in [0.25, 0.3) is 0 Å². The summed E-state index contributed by atoms with van der Waals surface area (Å²) in [5.41, 5.74) is -0.868. The number of ether oxygens (including phenoxy) is 1. The Morgan fingerprint density at radius 2 is 2.12 bits per heavy atom. The lowest BCUT2D eigenvalue weighted by atomic mass is 10.1. The molecule has 1 aromatic carbocycles. The fourth-order valence-electron chi connectivity index (χ4n) is 2.03. The molecule has 1 aromatic heterocycles. The van der Waals surface area contributed by atoms with E-state index in [2.05, 4.69) is 15.4 Å². The Balaban J connectivity index is 2.09. The highest BCUT2D eigenvalue weighted by Crippen LogP contribution is 2.34. The quantitative estimate of drug-likeness (QED) is 0.875. The maximum absolute atomic E-state index is 13.2. The van der Waals surface area contributed by atoms with E-state index < -0.39 is 17.6 Å². The van der Waals surface area contributed by atoms with Gasteiger partial charge in [0, 0.05) is 6.54 Å². The Bertz CT molecular complexity index is 685. The highest BCUT2D eigenvalue weighted by Gasteiger charge is 2.33. The molecule has 1 N–H and O–H groups in total. The first-order valence-electron chi connectivity index (χ1n) is 7.21. The van der Waals surface area contributed by atoms with Crippen LogP contribution in [0.1, 0.15) is 25.0 Å². The summed E-state index contributed by atoms with van der Waals surface area (Å²) in [7, 11) is 0. The number of hydrogen-bond donors (Lipinski definition) is 1. The number of carbonyl (C=O) groups excluding carboxylic acids is 1. The fourth-order valence-corrected chi connectivity index (χ4v) is 2.03. The minimum atomic E-state index is -4.54. The van der Waals surface area contributed by atoms with Crippen LogP contribution < -0.4 is 10.1 Å². The van der Waals surface area contributed by atoms with Crippen LogP contribution in [0.15, 0.2) is 30.9 Å². The average molecular weight is 342 g/mol. The van der Waals surface area contributed by atoms with E-state index in [0.717, 1.165) is 6.07 Å². The average Bonchev–Trinajstić information content (AvgIpc) is 2.97. The summed E-state index contributed by atoms with van der Waals surface area (Å²) in [4.78, 5) is 15.4. The maximum atomic E-state index is 13.2. The summed E-state index contributed by atoms with van der Waals surface area (Å²) < 4.78 is 46.2. The number of amides is 1. The number of nitrogens with one attached hydrogen (secondary N) is 1. The van der Waals surface area contributed by atoms with Crippen molar-refractivity contribution < 1.29 is 22.7 Å². The molecule has 0 fully saturated rings. The van der Waals surface area contributed by atoms with Gasteiger partial charge in [-0.25, -0.2) is 9.67 Å². The third-order valence-electron chi connectivity index (χ3n) is 3.01. The number of carbonyl (C=O) groups is 1. The summed E-state index contributed by atoms with van der Waals surface area (Å²) in [6, 6.07) is 3.70. The molecule has 0 saturated carbocycles. The molecule has 24 heavy (non-hydrogen) atoms. The number of halogens is 3. The molecule has 2 aromatic rings. The highest BCUT2D eigenvalue weighted by molar-refractivity contribution is 5.75. The number of rotatable bonds is 6. The number of alkyl halides is 3. The lowest BCUT2D eigenvalue weighted by molar-refractivity contribution is -0.138. The van der Waals surface area contributed by atoms with Crippen molar-refractivity contribution in [2.45, 2.75) is 39.2 Å². The van der Waals surface area contributed by atoms with Crippen molar-refractivity contribution in [2.24, 2.45) is 0 Å². The lowest BCUT2D eigenvalue weighted by Crippen LogP contribution is -2.28. The van der Waals surface area contributed by atoms with E-state index >= 15 is 0 Å². The third-order valence-corrected chi connectivity index (χ3v) is 3.01. The van der Waals surface area contributed by atoms with Gasteiger partial charge in [0.15, 0.2) is 0 Å². The number of nitrogens with zero attached hydrogens (tertiary/aromatic N) is 3. The zero-order valence-corrected chi connectivity index (χ0v) is 13.2. The first kappa shape index (κ1) is 17.8. The lowest BCUT2D eigenvalue weighted by Gasteiger charge is -2.17. The molecule has 2 rings (SSSR count). The van der Waals surface area contributed by atoms with Crippen LogP contribution in [0.2, 0.25) is 0 Å². The standard InChI is InChI=1S/C15H17F3N4O2/c1-10(2)24-12-4-3-11(13(5-12)15(16,17)18)6-20-14(23)7-22-9-19-8-21-22/h3-5,8-10H,6-7H2,1-2H3,(H,20,23). The summed E-state index contributed by atoms with van der Waals surface area (Å²) in [6.45, 7) is 3.09. The summed E-state index contributed by atoms with van der Waals surface area (Å²) in [6.07, 6.45) is -2.16. The minimum absolute atomic E-state index is 0.0365. The fraction of sp³-hybridized carbons (Fsp3) is 0.400. The first-order valence-corrected chi connectivity index (χ1v) is 7.21. The van der Waals surface area contributed by atoms with E-state index in [1.54, 1.807) is 13.8 Å². The second kappa shape index (κ2) is 7.33. The maximum Gasteiger partial charge on any atom is 0.416 e. The number of aromatic nitrogens is 3. The van der Waals surface area contributed by atoms with Gasteiger partial charge in [-0.15, -0.1) is 0 Å². The Hall–Kier alpha value is -2.58. The first-order chi connectivity index (χ1) is 11.3. The normalized spacial score (nSPS) is 11.6. The van der Waals surface area contributed by atoms with Crippen molar-refractivity contribution in [2.75, 3.05) is 0 Å². The molecule has 0 unspecified atom stereocenters. The summed E-state index contributed by atoms with van der Waals surface area (Å²) in [5, 5.41) is 6.20. The zero-order valence-electron chi connectivity index (χ0n) is 13.2. The second-order valence-electron chi connectivity index (χ2n) is 5.35. The van der Waals surface area contributed by atoms with E-state index in [4.69, 9.17) is 4.74 Å². The van der Waals surface area contributed by atoms with Gasteiger partial charge in [-0.1, -0.05) is 6.07 Å². The Morgan fingerprint density at radius 3 is 2.71 bits per heavy atom. The van der Waals surface area contributed by atoms with Gasteiger partial charge in [0.05, 0.1) is 11.7 Å². The largest absolute Gasteiger partial charge is 0.491 e. The van der Waals surface area contributed by atoms with Crippen LogP contribution in [-0.4, -0.2) is 26.8 Å². The Morgan fingerprint density at radius 1 is 1.38 bits per heavy atom. The smallest absolute Gasteiger partial charge is 0.416 e. The van der Waals surface area contributed by atoms with Crippen LogP contribution >= 0.6 is 0 Å². The van der Waals surface area contributed by atoms with Crippen LogP contribution in [0, 0.1) is 0 Å². The van der Waals surface area contributed by atoms with Crippen molar-refractivity contribution in [3.05, 3.63) is 42.0 Å². The highest BCUT2D eigenvalue weighted by atomic mass is 19.4. The number of hydrogen-bond acceptors (Lipinski definition) is 4. The van der Waals surface area contributed by atoms with Crippen LogP contribution in [0.3, 0.4) is 0 Å². The van der Waals surface area contributed by atoms with Gasteiger partial charge in [-0.3, -0.25) is 4.79 Å². The van der Waals surface area contributed by atoms with Gasteiger partial charge in [0.2, 0.25) is 5.91 Å². The molecule has 0 radical (unpaired) electrons. The minimum Gasteiger partial charge on any atom is -0.491 e. The zero-order chi connectivity index (χ0) is 17.7. The van der Waals surface area contributed by atoms with Gasteiger partial charge in [0.25, 0.3) is 0 Å². The van der Waals surface area contributed by atoms with Crippen molar-refractivity contribution in [3.63, 3.8) is 0 Å². The van der Waals surface area contributed by atoms with Crippen LogP contribution in [0.5, 0.6) is 5.75 Å².